The third kappa shape index (κ3) is 8.39. The van der Waals surface area contributed by atoms with Gasteiger partial charge in [-0.3, -0.25) is 9.59 Å². The Balaban J connectivity index is 1.69. The summed E-state index contributed by atoms with van der Waals surface area (Å²) in [6.07, 6.45) is 1.63. The standard InChI is InChI=1S/C27H31FN2O3S/c1-33-17-6-16-29(26(31)15-12-22-7-3-2-4-8-22)21-27(32)30(20-25-9-5-18-34-25)19-23-10-13-24(28)14-11-23/h2-5,7-11,13-14,18H,6,12,15-17,19-21H2,1H3. The molecule has 0 bridgehead atoms. The molecule has 5 nitrogen and oxygen atoms in total. The van der Waals surface area contributed by atoms with E-state index in [1.807, 2.05) is 47.8 Å². The van der Waals surface area contributed by atoms with Crippen LogP contribution < -0.4 is 0 Å². The highest BCUT2D eigenvalue weighted by Gasteiger charge is 2.22. The van der Waals surface area contributed by atoms with Crippen LogP contribution in [0, 0.1) is 5.82 Å². The van der Waals surface area contributed by atoms with E-state index in [9.17, 15) is 14.0 Å². The quantitative estimate of drug-likeness (QED) is 0.325. The van der Waals surface area contributed by atoms with Crippen LogP contribution in [0.2, 0.25) is 0 Å². The second-order valence-electron chi connectivity index (χ2n) is 8.10. The Bertz CT molecular complexity index is 1010. The first-order chi connectivity index (χ1) is 16.5. The molecular formula is C27H31FN2O3S. The zero-order valence-electron chi connectivity index (χ0n) is 19.5. The van der Waals surface area contributed by atoms with E-state index in [2.05, 4.69) is 0 Å². The maximum atomic E-state index is 13.4. The summed E-state index contributed by atoms with van der Waals surface area (Å²) in [7, 11) is 1.62. The first-order valence-electron chi connectivity index (χ1n) is 11.4. The van der Waals surface area contributed by atoms with E-state index in [0.717, 1.165) is 16.0 Å². The van der Waals surface area contributed by atoms with Crippen molar-refractivity contribution < 1.29 is 18.7 Å². The molecule has 3 aromatic rings. The van der Waals surface area contributed by atoms with Crippen molar-refractivity contribution in [3.63, 3.8) is 0 Å². The Morgan fingerprint density at radius 3 is 2.32 bits per heavy atom. The molecule has 0 aliphatic rings. The molecule has 7 heteroatoms. The van der Waals surface area contributed by atoms with E-state index in [4.69, 9.17) is 4.74 Å². The predicted molar refractivity (Wildman–Crippen MR) is 133 cm³/mol. The van der Waals surface area contributed by atoms with E-state index in [0.29, 0.717) is 45.5 Å². The number of ether oxygens (including phenoxy) is 1. The lowest BCUT2D eigenvalue weighted by atomic mass is 10.1. The summed E-state index contributed by atoms with van der Waals surface area (Å²) in [6.45, 7) is 1.77. The number of benzene rings is 2. The number of carbonyl (C=O) groups excluding carboxylic acids is 2. The second kappa shape index (κ2) is 13.6. The molecule has 2 amide bonds. The van der Waals surface area contributed by atoms with Crippen molar-refractivity contribution in [3.05, 3.63) is 93.9 Å². The average molecular weight is 483 g/mol. The van der Waals surface area contributed by atoms with Gasteiger partial charge in [-0.15, -0.1) is 11.3 Å². The van der Waals surface area contributed by atoms with Crippen LogP contribution in [0.25, 0.3) is 0 Å². The summed E-state index contributed by atoms with van der Waals surface area (Å²) in [4.78, 5) is 30.9. The summed E-state index contributed by atoms with van der Waals surface area (Å²) >= 11 is 1.58. The van der Waals surface area contributed by atoms with Crippen LogP contribution in [-0.2, 0) is 33.8 Å². The lowest BCUT2D eigenvalue weighted by molar-refractivity contribution is -0.141. The average Bonchev–Trinajstić information content (AvgIpc) is 3.37. The molecule has 1 heterocycles. The number of thiophene rings is 1. The molecule has 3 rings (SSSR count). The minimum absolute atomic E-state index is 0.00388. The van der Waals surface area contributed by atoms with Gasteiger partial charge in [0, 0.05) is 38.1 Å². The normalized spacial score (nSPS) is 10.8. The van der Waals surface area contributed by atoms with Crippen LogP contribution in [0.1, 0.15) is 28.8 Å². The van der Waals surface area contributed by atoms with Crippen LogP contribution in [0.3, 0.4) is 0 Å². The predicted octanol–water partition coefficient (Wildman–Crippen LogP) is 4.91. The van der Waals surface area contributed by atoms with Crippen LogP contribution in [0.4, 0.5) is 4.39 Å². The van der Waals surface area contributed by atoms with Crippen molar-refractivity contribution >= 4 is 23.2 Å². The minimum atomic E-state index is -0.312. The van der Waals surface area contributed by atoms with Gasteiger partial charge in [-0.05, 0) is 47.5 Å². The van der Waals surface area contributed by atoms with Gasteiger partial charge in [0.05, 0.1) is 13.1 Å². The van der Waals surface area contributed by atoms with Gasteiger partial charge in [-0.1, -0.05) is 48.5 Å². The maximum Gasteiger partial charge on any atom is 0.242 e. The zero-order chi connectivity index (χ0) is 24.2. The van der Waals surface area contributed by atoms with Gasteiger partial charge in [0.25, 0.3) is 0 Å². The van der Waals surface area contributed by atoms with Gasteiger partial charge in [-0.25, -0.2) is 4.39 Å². The highest BCUT2D eigenvalue weighted by atomic mass is 32.1. The van der Waals surface area contributed by atoms with Crippen molar-refractivity contribution in [1.29, 1.82) is 0 Å². The van der Waals surface area contributed by atoms with Gasteiger partial charge < -0.3 is 14.5 Å². The Morgan fingerprint density at radius 2 is 1.65 bits per heavy atom. The number of amides is 2. The van der Waals surface area contributed by atoms with E-state index in [-0.39, 0.29) is 24.2 Å². The van der Waals surface area contributed by atoms with Gasteiger partial charge in [0.1, 0.15) is 5.82 Å². The molecule has 0 spiro atoms. The number of aryl methyl sites for hydroxylation is 1. The fourth-order valence-corrected chi connectivity index (χ4v) is 4.36. The Labute approximate surface area is 204 Å². The highest BCUT2D eigenvalue weighted by Crippen LogP contribution is 2.16. The molecule has 2 aromatic carbocycles. The monoisotopic (exact) mass is 482 g/mol. The molecule has 0 atom stereocenters. The molecular weight excluding hydrogens is 451 g/mol. The molecule has 0 radical (unpaired) electrons. The molecule has 0 aliphatic carbocycles. The van der Waals surface area contributed by atoms with Gasteiger partial charge in [0.15, 0.2) is 0 Å². The first-order valence-corrected chi connectivity index (χ1v) is 12.3. The third-order valence-electron chi connectivity index (χ3n) is 5.49. The molecule has 0 saturated carbocycles. The highest BCUT2D eigenvalue weighted by molar-refractivity contribution is 7.09. The van der Waals surface area contributed by atoms with Crippen LogP contribution in [0.5, 0.6) is 0 Å². The third-order valence-corrected chi connectivity index (χ3v) is 6.35. The Kier molecular flexibility index (Phi) is 10.3. The second-order valence-corrected chi connectivity index (χ2v) is 9.14. The SMILES string of the molecule is COCCCN(CC(=O)N(Cc1ccc(F)cc1)Cc1cccs1)C(=O)CCc1ccccc1. The number of hydrogen-bond donors (Lipinski definition) is 0. The van der Waals surface area contributed by atoms with E-state index >= 15 is 0 Å². The molecule has 180 valence electrons. The molecule has 0 N–H and O–H groups in total. The Morgan fingerprint density at radius 1 is 0.882 bits per heavy atom. The maximum absolute atomic E-state index is 13.4. The number of methoxy groups -OCH3 is 1. The lowest BCUT2D eigenvalue weighted by Crippen LogP contribution is -2.43. The molecule has 0 aliphatic heterocycles. The van der Waals surface area contributed by atoms with Crippen molar-refractivity contribution in [2.24, 2.45) is 0 Å². The van der Waals surface area contributed by atoms with Gasteiger partial charge in [0.2, 0.25) is 11.8 Å². The van der Waals surface area contributed by atoms with Crippen molar-refractivity contribution in [2.45, 2.75) is 32.4 Å². The number of nitrogens with zero attached hydrogens (tertiary/aromatic N) is 2. The molecule has 34 heavy (non-hydrogen) atoms. The fourth-order valence-electron chi connectivity index (χ4n) is 3.64. The van der Waals surface area contributed by atoms with Crippen molar-refractivity contribution in [2.75, 3.05) is 26.8 Å². The molecule has 0 unspecified atom stereocenters. The van der Waals surface area contributed by atoms with Gasteiger partial charge in [-0.2, -0.15) is 0 Å². The summed E-state index contributed by atoms with van der Waals surface area (Å²) in [5, 5.41) is 1.97. The lowest BCUT2D eigenvalue weighted by Gasteiger charge is -2.28. The largest absolute Gasteiger partial charge is 0.385 e. The van der Waals surface area contributed by atoms with Crippen LogP contribution in [-0.4, -0.2) is 48.4 Å². The number of halogens is 1. The van der Waals surface area contributed by atoms with Crippen LogP contribution >= 0.6 is 11.3 Å². The number of rotatable bonds is 13. The van der Waals surface area contributed by atoms with Crippen molar-refractivity contribution in [3.8, 4) is 0 Å². The first kappa shape index (κ1) is 25.6. The fraction of sp³-hybridized carbons (Fsp3) is 0.333. The van der Waals surface area contributed by atoms with Crippen LogP contribution in [0.15, 0.2) is 72.1 Å². The minimum Gasteiger partial charge on any atom is -0.385 e. The summed E-state index contributed by atoms with van der Waals surface area (Å²) in [5.74, 6) is -0.498. The number of carbonyl (C=O) groups is 2. The van der Waals surface area contributed by atoms with E-state index in [1.54, 1.807) is 40.4 Å². The molecule has 1 aromatic heterocycles. The summed E-state index contributed by atoms with van der Waals surface area (Å²) < 4.78 is 18.5. The smallest absolute Gasteiger partial charge is 0.242 e. The van der Waals surface area contributed by atoms with E-state index < -0.39 is 0 Å². The zero-order valence-corrected chi connectivity index (χ0v) is 20.3. The summed E-state index contributed by atoms with van der Waals surface area (Å²) in [5.41, 5.74) is 1.93. The molecule has 0 saturated heterocycles. The topological polar surface area (TPSA) is 49.9 Å². The van der Waals surface area contributed by atoms with Crippen molar-refractivity contribution in [1.82, 2.24) is 9.80 Å². The van der Waals surface area contributed by atoms with Gasteiger partial charge >= 0.3 is 0 Å². The number of hydrogen-bond acceptors (Lipinski definition) is 4. The van der Waals surface area contributed by atoms with E-state index in [1.165, 1.54) is 12.1 Å². The molecule has 0 fully saturated rings. The summed E-state index contributed by atoms with van der Waals surface area (Å²) in [6, 6.07) is 20.0. The Hall–Kier alpha value is -3.03.